The molecule has 0 saturated carbocycles. The highest BCUT2D eigenvalue weighted by Gasteiger charge is 2.25. The van der Waals surface area contributed by atoms with Crippen molar-refractivity contribution in [3.05, 3.63) is 95.5 Å². The molecular formula is C27H30N4O5S. The molecule has 4 rings (SSSR count). The average molecular weight is 523 g/mol. The fourth-order valence-corrected chi connectivity index (χ4v) is 5.67. The SMILES string of the molecule is COc1cc(C)c(S(=O)(=O)N(C)CCc2cc(C(=O)NCc3ccc(-n4ccnc4)cc3)co2)c(C)c1. The van der Waals surface area contributed by atoms with E-state index >= 15 is 0 Å². The number of aromatic nitrogens is 2. The zero-order valence-electron chi connectivity index (χ0n) is 21.3. The van der Waals surface area contributed by atoms with Gasteiger partial charge in [-0.1, -0.05) is 12.1 Å². The third kappa shape index (κ3) is 5.92. The molecule has 2 aromatic heterocycles. The lowest BCUT2D eigenvalue weighted by atomic mass is 10.1. The van der Waals surface area contributed by atoms with Crippen molar-refractivity contribution in [2.24, 2.45) is 0 Å². The third-order valence-corrected chi connectivity index (χ3v) is 8.28. The zero-order valence-corrected chi connectivity index (χ0v) is 22.1. The molecule has 0 radical (unpaired) electrons. The van der Waals surface area contributed by atoms with Crippen LogP contribution in [0.25, 0.3) is 5.69 Å². The quantitative estimate of drug-likeness (QED) is 0.339. The first-order valence-corrected chi connectivity index (χ1v) is 13.2. The number of sulfonamides is 1. The second-order valence-corrected chi connectivity index (χ2v) is 10.8. The molecule has 0 unspecified atom stereocenters. The van der Waals surface area contributed by atoms with E-state index in [2.05, 4.69) is 10.3 Å². The summed E-state index contributed by atoms with van der Waals surface area (Å²) < 4.78 is 40.4. The summed E-state index contributed by atoms with van der Waals surface area (Å²) in [6.07, 6.45) is 7.02. The minimum Gasteiger partial charge on any atom is -0.497 e. The first kappa shape index (κ1) is 26.2. The molecule has 0 saturated heterocycles. The van der Waals surface area contributed by atoms with E-state index in [-0.39, 0.29) is 17.3 Å². The number of imidazole rings is 1. The molecule has 0 aliphatic heterocycles. The number of rotatable bonds is 10. The molecule has 0 aliphatic rings. The van der Waals surface area contributed by atoms with Gasteiger partial charge in [0.1, 0.15) is 17.8 Å². The van der Waals surface area contributed by atoms with Crippen LogP contribution < -0.4 is 10.1 Å². The fourth-order valence-electron chi connectivity index (χ4n) is 4.09. The Kier molecular flexibility index (Phi) is 7.80. The molecule has 37 heavy (non-hydrogen) atoms. The van der Waals surface area contributed by atoms with Gasteiger partial charge in [-0.3, -0.25) is 4.79 Å². The normalized spacial score (nSPS) is 11.6. The Morgan fingerprint density at radius 1 is 1.14 bits per heavy atom. The van der Waals surface area contributed by atoms with Crippen molar-refractivity contribution in [2.45, 2.75) is 31.7 Å². The van der Waals surface area contributed by atoms with Gasteiger partial charge in [-0.15, -0.1) is 0 Å². The van der Waals surface area contributed by atoms with E-state index in [0.717, 1.165) is 11.3 Å². The van der Waals surface area contributed by atoms with Crippen molar-refractivity contribution < 1.29 is 22.4 Å². The van der Waals surface area contributed by atoms with E-state index in [1.165, 1.54) is 17.6 Å². The van der Waals surface area contributed by atoms with E-state index in [9.17, 15) is 13.2 Å². The van der Waals surface area contributed by atoms with Crippen LogP contribution in [0, 0.1) is 13.8 Å². The van der Waals surface area contributed by atoms with Crippen molar-refractivity contribution in [3.8, 4) is 11.4 Å². The van der Waals surface area contributed by atoms with E-state index in [0.29, 0.717) is 41.2 Å². The molecular weight excluding hydrogens is 492 g/mol. The maximum Gasteiger partial charge on any atom is 0.254 e. The smallest absolute Gasteiger partial charge is 0.254 e. The lowest BCUT2D eigenvalue weighted by Crippen LogP contribution is -2.30. The summed E-state index contributed by atoms with van der Waals surface area (Å²) in [7, 11) is -0.627. The summed E-state index contributed by atoms with van der Waals surface area (Å²) in [4.78, 5) is 16.9. The van der Waals surface area contributed by atoms with Gasteiger partial charge in [-0.2, -0.15) is 0 Å². The van der Waals surface area contributed by atoms with Gasteiger partial charge in [0.2, 0.25) is 10.0 Å². The molecule has 2 aromatic carbocycles. The molecule has 1 amide bonds. The molecule has 4 aromatic rings. The molecule has 0 bridgehead atoms. The molecule has 0 atom stereocenters. The summed E-state index contributed by atoms with van der Waals surface area (Å²) in [5, 5.41) is 2.88. The number of methoxy groups -OCH3 is 1. The standard InChI is InChI=1S/C27H30N4O5S/c1-19-13-25(35-4)14-20(2)26(19)37(33,34)30(3)11-9-24-15-22(17-36-24)27(32)29-16-21-5-7-23(8-6-21)31-12-10-28-18-31/h5-8,10,12-15,17-18H,9,11,16H2,1-4H3,(H,29,32). The lowest BCUT2D eigenvalue weighted by Gasteiger charge is -2.20. The van der Waals surface area contributed by atoms with Crippen molar-refractivity contribution in [1.82, 2.24) is 19.2 Å². The molecule has 0 spiro atoms. The van der Waals surface area contributed by atoms with Crippen molar-refractivity contribution >= 4 is 15.9 Å². The fraction of sp³-hybridized carbons (Fsp3) is 0.259. The van der Waals surface area contributed by atoms with Crippen LogP contribution in [0.15, 0.2) is 76.8 Å². The first-order valence-electron chi connectivity index (χ1n) is 11.7. The van der Waals surface area contributed by atoms with Gasteiger partial charge in [0.15, 0.2) is 0 Å². The second-order valence-electron chi connectivity index (χ2n) is 8.79. The molecule has 0 aliphatic carbocycles. The Bertz CT molecular complexity index is 1450. The Morgan fingerprint density at radius 3 is 2.46 bits per heavy atom. The number of amides is 1. The number of carbonyl (C=O) groups is 1. The average Bonchev–Trinajstić information content (AvgIpc) is 3.58. The lowest BCUT2D eigenvalue weighted by molar-refractivity contribution is 0.0950. The topological polar surface area (TPSA) is 107 Å². The van der Waals surface area contributed by atoms with Crippen molar-refractivity contribution in [2.75, 3.05) is 20.7 Å². The summed E-state index contributed by atoms with van der Waals surface area (Å²) in [5.41, 5.74) is 3.57. The summed E-state index contributed by atoms with van der Waals surface area (Å²) >= 11 is 0. The van der Waals surface area contributed by atoms with Crippen LogP contribution >= 0.6 is 0 Å². The predicted octanol–water partition coefficient (Wildman–Crippen LogP) is 3.88. The monoisotopic (exact) mass is 522 g/mol. The highest BCUT2D eigenvalue weighted by Crippen LogP contribution is 2.28. The maximum atomic E-state index is 13.2. The minimum absolute atomic E-state index is 0.199. The highest BCUT2D eigenvalue weighted by atomic mass is 32.2. The van der Waals surface area contributed by atoms with Gasteiger partial charge in [-0.25, -0.2) is 17.7 Å². The van der Waals surface area contributed by atoms with Gasteiger partial charge in [-0.05, 0) is 60.9 Å². The zero-order chi connectivity index (χ0) is 26.6. The number of nitrogens with zero attached hydrogens (tertiary/aromatic N) is 3. The maximum absolute atomic E-state index is 13.2. The molecule has 194 valence electrons. The van der Waals surface area contributed by atoms with Gasteiger partial charge >= 0.3 is 0 Å². The largest absolute Gasteiger partial charge is 0.497 e. The predicted molar refractivity (Wildman–Crippen MR) is 139 cm³/mol. The van der Waals surface area contributed by atoms with Crippen LogP contribution in [0.5, 0.6) is 5.75 Å². The van der Waals surface area contributed by atoms with Gasteiger partial charge < -0.3 is 19.0 Å². The minimum atomic E-state index is -3.71. The Morgan fingerprint density at radius 2 is 1.84 bits per heavy atom. The van der Waals surface area contributed by atoms with Crippen LogP contribution in [0.4, 0.5) is 0 Å². The molecule has 10 heteroatoms. The number of furan rings is 1. The second kappa shape index (κ2) is 11.0. The molecule has 9 nitrogen and oxygen atoms in total. The van der Waals surface area contributed by atoms with Crippen LogP contribution in [-0.4, -0.2) is 48.9 Å². The number of hydrogen-bond acceptors (Lipinski definition) is 6. The van der Waals surface area contributed by atoms with Gasteiger partial charge in [0.25, 0.3) is 5.91 Å². The van der Waals surface area contributed by atoms with Gasteiger partial charge in [0.05, 0.1) is 23.9 Å². The third-order valence-electron chi connectivity index (χ3n) is 6.12. The van der Waals surface area contributed by atoms with Gasteiger partial charge in [0, 0.05) is 44.6 Å². The Labute approximate surface area is 216 Å². The van der Waals surface area contributed by atoms with E-state index < -0.39 is 10.0 Å². The summed E-state index contributed by atoms with van der Waals surface area (Å²) in [6.45, 7) is 4.07. The van der Waals surface area contributed by atoms with Crippen LogP contribution in [-0.2, 0) is 23.0 Å². The summed E-state index contributed by atoms with van der Waals surface area (Å²) in [5.74, 6) is 0.878. The molecule has 2 heterocycles. The number of benzene rings is 2. The van der Waals surface area contributed by atoms with E-state index in [4.69, 9.17) is 9.15 Å². The number of nitrogens with one attached hydrogen (secondary N) is 1. The van der Waals surface area contributed by atoms with Crippen LogP contribution in [0.1, 0.15) is 32.8 Å². The van der Waals surface area contributed by atoms with Crippen molar-refractivity contribution in [1.29, 1.82) is 0 Å². The Balaban J connectivity index is 1.33. The first-order chi connectivity index (χ1) is 17.7. The molecule has 0 fully saturated rings. The van der Waals surface area contributed by atoms with E-state index in [1.54, 1.807) is 51.7 Å². The number of carbonyl (C=O) groups excluding carboxylic acids is 1. The van der Waals surface area contributed by atoms with Crippen molar-refractivity contribution in [3.63, 3.8) is 0 Å². The number of hydrogen-bond donors (Lipinski definition) is 1. The Hall–Kier alpha value is -3.89. The van der Waals surface area contributed by atoms with Crippen LogP contribution in [0.2, 0.25) is 0 Å². The summed E-state index contributed by atoms with van der Waals surface area (Å²) in [6, 6.07) is 12.9. The highest BCUT2D eigenvalue weighted by molar-refractivity contribution is 7.89. The number of likely N-dealkylation sites (N-methyl/N-ethyl adjacent to an activating group) is 1. The number of aryl methyl sites for hydroxylation is 2. The number of ether oxygens (including phenoxy) is 1. The van der Waals surface area contributed by atoms with Crippen LogP contribution in [0.3, 0.4) is 0 Å². The molecule has 1 N–H and O–H groups in total. The van der Waals surface area contributed by atoms with E-state index in [1.807, 2.05) is 35.0 Å².